The van der Waals surface area contributed by atoms with Crippen LogP contribution in [0.4, 0.5) is 13.2 Å². The summed E-state index contributed by atoms with van der Waals surface area (Å²) >= 11 is 1.03. The number of piperidine rings is 1. The van der Waals surface area contributed by atoms with Crippen LogP contribution in [-0.4, -0.2) is 97.1 Å². The zero-order chi connectivity index (χ0) is 41.3. The van der Waals surface area contributed by atoms with E-state index in [0.29, 0.717) is 12.0 Å². The second-order valence-electron chi connectivity index (χ2n) is 15.1. The summed E-state index contributed by atoms with van der Waals surface area (Å²) in [5, 5.41) is 4.25. The van der Waals surface area contributed by atoms with Gasteiger partial charge in [-0.25, -0.2) is 18.1 Å². The van der Waals surface area contributed by atoms with Gasteiger partial charge in [0.05, 0.1) is 5.54 Å². The number of thiazole rings is 1. The zero-order valence-electron chi connectivity index (χ0n) is 32.9. The van der Waals surface area contributed by atoms with Gasteiger partial charge in [-0.15, -0.1) is 11.3 Å². The van der Waals surface area contributed by atoms with Gasteiger partial charge in [-0.05, 0) is 63.6 Å². The molecule has 2 N–H and O–H groups in total. The Labute approximate surface area is 327 Å². The van der Waals surface area contributed by atoms with Gasteiger partial charge < -0.3 is 15.0 Å². The normalized spacial score (nSPS) is 19.6. The first kappa shape index (κ1) is 46.0. The number of rotatable bonds is 19. The van der Waals surface area contributed by atoms with Crippen molar-refractivity contribution in [2.45, 2.75) is 116 Å². The summed E-state index contributed by atoms with van der Waals surface area (Å²) in [5.74, 6) is -2.31. The van der Waals surface area contributed by atoms with Gasteiger partial charge in [0.15, 0.2) is 11.9 Å². The molecule has 0 bridgehead atoms. The minimum atomic E-state index is -5.67. The number of alkyl halides is 3. The number of halogens is 3. The summed E-state index contributed by atoms with van der Waals surface area (Å²) in [7, 11) is -2.04. The predicted octanol–water partition coefficient (Wildman–Crippen LogP) is 5.90. The maximum Gasteiger partial charge on any atom is 0.511 e. The fourth-order valence-electron chi connectivity index (χ4n) is 6.93. The quantitative estimate of drug-likeness (QED) is 0.165. The maximum atomic E-state index is 14.3. The third kappa shape index (κ3) is 12.3. The monoisotopic (exact) mass is 815 g/mol. The van der Waals surface area contributed by atoms with Crippen molar-refractivity contribution in [1.29, 1.82) is 0 Å². The Hall–Kier alpha value is -3.41. The van der Waals surface area contributed by atoms with E-state index in [0.717, 1.165) is 37.1 Å². The smallest absolute Gasteiger partial charge is 0.455 e. The number of nitrogens with one attached hydrogen (secondary N) is 2. The Morgan fingerprint density at radius 2 is 1.76 bits per heavy atom. The van der Waals surface area contributed by atoms with E-state index < -0.39 is 63.6 Å². The van der Waals surface area contributed by atoms with Crippen LogP contribution in [0.15, 0.2) is 35.7 Å². The lowest BCUT2D eigenvalue weighted by Gasteiger charge is -2.43. The zero-order valence-corrected chi connectivity index (χ0v) is 34.6. The molecule has 55 heavy (non-hydrogen) atoms. The maximum absolute atomic E-state index is 14.3. The SMILES string of the molecule is CC[C@H](C)[C@H](CC(=O)[C@@]1(C)CCCCN1C)C(=O)N(C)[C@H](C[C@@H](OC(C)=O)c1nc(C(=O)N[C@H](CNS(=O)(=O)C(F)(F)F)Cc2ccccc2)cs1)C(C)C. The van der Waals surface area contributed by atoms with Gasteiger partial charge in [-0.1, -0.05) is 64.4 Å². The summed E-state index contributed by atoms with van der Waals surface area (Å²) in [6.45, 7) is 11.1. The number of sulfonamides is 1. The van der Waals surface area contributed by atoms with Crippen molar-refractivity contribution < 1.29 is 45.5 Å². The lowest BCUT2D eigenvalue weighted by Crippen LogP contribution is -2.54. The largest absolute Gasteiger partial charge is 0.511 e. The van der Waals surface area contributed by atoms with Gasteiger partial charge in [0.2, 0.25) is 5.91 Å². The van der Waals surface area contributed by atoms with E-state index in [1.54, 1.807) is 42.3 Å². The second kappa shape index (κ2) is 19.6. The highest BCUT2D eigenvalue weighted by Gasteiger charge is 2.46. The Kier molecular flexibility index (Phi) is 16.4. The lowest BCUT2D eigenvalue weighted by atomic mass is 9.77. The molecule has 1 aliphatic rings. The average Bonchev–Trinajstić information content (AvgIpc) is 3.62. The summed E-state index contributed by atoms with van der Waals surface area (Å²) in [5.41, 5.74) is -5.65. The second-order valence-corrected chi connectivity index (χ2v) is 17.7. The van der Waals surface area contributed by atoms with Gasteiger partial charge in [0, 0.05) is 56.7 Å². The van der Waals surface area contributed by atoms with E-state index in [-0.39, 0.29) is 53.5 Å². The number of likely N-dealkylation sites (tertiary alicyclic amines) is 1. The first-order chi connectivity index (χ1) is 25.6. The van der Waals surface area contributed by atoms with Crippen LogP contribution in [0.3, 0.4) is 0 Å². The first-order valence-corrected chi connectivity index (χ1v) is 21.0. The van der Waals surface area contributed by atoms with Crippen LogP contribution in [-0.2, 0) is 35.6 Å². The van der Waals surface area contributed by atoms with E-state index in [2.05, 4.69) is 15.2 Å². The van der Waals surface area contributed by atoms with Crippen LogP contribution in [0.1, 0.15) is 107 Å². The molecule has 1 saturated heterocycles. The predicted molar refractivity (Wildman–Crippen MR) is 204 cm³/mol. The molecule has 2 aromatic rings. The van der Waals surface area contributed by atoms with Crippen molar-refractivity contribution in [3.63, 3.8) is 0 Å². The number of ether oxygens (including phenoxy) is 1. The highest BCUT2D eigenvalue weighted by Crippen LogP contribution is 2.35. The van der Waals surface area contributed by atoms with Crippen molar-refractivity contribution in [3.05, 3.63) is 52.0 Å². The fraction of sp³-hybridized carbons (Fsp3) is 0.658. The molecule has 0 radical (unpaired) electrons. The van der Waals surface area contributed by atoms with E-state index >= 15 is 0 Å². The van der Waals surface area contributed by atoms with Crippen LogP contribution < -0.4 is 10.0 Å². The number of Topliss-reactive ketones (excluding diaryl/α,β-unsaturated/α-hetero) is 1. The van der Waals surface area contributed by atoms with E-state index in [4.69, 9.17) is 4.74 Å². The Balaban J connectivity index is 1.84. The van der Waals surface area contributed by atoms with Gasteiger partial charge >= 0.3 is 21.5 Å². The molecule has 12 nitrogen and oxygen atoms in total. The summed E-state index contributed by atoms with van der Waals surface area (Å²) in [6.07, 6.45) is 2.66. The number of likely N-dealkylation sites (N-methyl/N-ethyl adjacent to an activating group) is 1. The van der Waals surface area contributed by atoms with E-state index in [9.17, 15) is 40.8 Å². The fourth-order valence-corrected chi connectivity index (χ4v) is 8.35. The number of ketones is 1. The van der Waals surface area contributed by atoms with Gasteiger partial charge in [-0.3, -0.25) is 24.1 Å². The minimum Gasteiger partial charge on any atom is -0.455 e. The molecule has 0 saturated carbocycles. The standard InChI is InChI=1S/C38H56F3N5O7S2/c1-9-25(4)29(20-33(48)37(6)17-13-14-18-45(37)7)36(50)46(8)31(24(2)3)21-32(53-26(5)47)35-44-30(23-54-35)34(49)43-28(19-27-15-11-10-12-16-27)22-42-55(51,52)38(39,40)41/h10-12,15-16,23-25,28-29,31-32,42H,9,13-14,17-22H2,1-8H3,(H,43,49)/t25-,28-,29-,31+,32+,37+/m0/s1. The Bertz CT molecular complexity index is 1720. The van der Waals surface area contributed by atoms with Crippen LogP contribution in [0, 0.1) is 17.8 Å². The summed E-state index contributed by atoms with van der Waals surface area (Å²) in [4.78, 5) is 62.0. The number of esters is 1. The Morgan fingerprint density at radius 3 is 2.33 bits per heavy atom. The molecule has 6 atom stereocenters. The van der Waals surface area contributed by atoms with Gasteiger partial charge in [0.25, 0.3) is 5.91 Å². The highest BCUT2D eigenvalue weighted by atomic mass is 32.2. The van der Waals surface area contributed by atoms with Crippen LogP contribution in [0.5, 0.6) is 0 Å². The molecule has 308 valence electrons. The van der Waals surface area contributed by atoms with Crippen LogP contribution in [0.2, 0.25) is 0 Å². The van der Waals surface area contributed by atoms with E-state index in [1.807, 2.05) is 41.7 Å². The highest BCUT2D eigenvalue weighted by molar-refractivity contribution is 7.90. The van der Waals surface area contributed by atoms with Crippen molar-refractivity contribution in [2.24, 2.45) is 17.8 Å². The number of carbonyl (C=O) groups is 4. The number of hydrogen-bond acceptors (Lipinski definition) is 10. The Morgan fingerprint density at radius 1 is 1.11 bits per heavy atom. The molecule has 0 aliphatic carbocycles. The minimum absolute atomic E-state index is 0.00956. The molecule has 1 aromatic heterocycles. The van der Waals surface area contributed by atoms with Crippen LogP contribution in [0.25, 0.3) is 0 Å². The average molecular weight is 816 g/mol. The number of nitrogens with zero attached hydrogens (tertiary/aromatic N) is 3. The molecular weight excluding hydrogens is 760 g/mol. The molecule has 2 amide bonds. The first-order valence-electron chi connectivity index (χ1n) is 18.7. The van der Waals surface area contributed by atoms with Gasteiger partial charge in [-0.2, -0.15) is 13.2 Å². The van der Waals surface area contributed by atoms with Crippen molar-refractivity contribution in [2.75, 3.05) is 27.2 Å². The molecule has 1 aliphatic heterocycles. The number of carbonyl (C=O) groups excluding carboxylic acids is 4. The van der Waals surface area contributed by atoms with Crippen molar-refractivity contribution >= 4 is 44.9 Å². The summed E-state index contributed by atoms with van der Waals surface area (Å²) in [6, 6.07) is 6.96. The molecule has 0 unspecified atom stereocenters. The molecule has 17 heteroatoms. The topological polar surface area (TPSA) is 155 Å². The molecule has 1 fully saturated rings. The third-order valence-electron chi connectivity index (χ3n) is 10.8. The molecular formula is C38H56F3N5O7S2. The van der Waals surface area contributed by atoms with Crippen molar-refractivity contribution in [3.8, 4) is 0 Å². The molecule has 2 heterocycles. The number of amides is 2. The molecule has 1 aromatic carbocycles. The summed E-state index contributed by atoms with van der Waals surface area (Å²) < 4.78 is 69.9. The molecule has 0 spiro atoms. The number of benzene rings is 1. The van der Waals surface area contributed by atoms with Gasteiger partial charge in [0.1, 0.15) is 10.7 Å². The molecule has 3 rings (SSSR count). The lowest BCUT2D eigenvalue weighted by molar-refractivity contribution is -0.150. The number of aromatic nitrogens is 1. The third-order valence-corrected chi connectivity index (χ3v) is 12.9. The van der Waals surface area contributed by atoms with E-state index in [1.165, 1.54) is 17.0 Å². The number of hydrogen-bond donors (Lipinski definition) is 2. The van der Waals surface area contributed by atoms with Crippen molar-refractivity contribution in [1.82, 2.24) is 24.8 Å². The van der Waals surface area contributed by atoms with Crippen LogP contribution >= 0.6 is 11.3 Å².